The van der Waals surface area contributed by atoms with Gasteiger partial charge in [0.25, 0.3) is 11.7 Å². The Bertz CT molecular complexity index is 1330. The minimum absolute atomic E-state index is 0.468. The molecule has 0 saturated heterocycles. The molecule has 0 saturated carbocycles. The van der Waals surface area contributed by atoms with E-state index in [0.29, 0.717) is 30.4 Å². The van der Waals surface area contributed by atoms with Crippen LogP contribution in [-0.4, -0.2) is 34.4 Å². The average Bonchev–Trinajstić information content (AvgIpc) is 3.32. The minimum Gasteiger partial charge on any atom is -0.476 e. The van der Waals surface area contributed by atoms with Crippen LogP contribution >= 0.6 is 0 Å². The van der Waals surface area contributed by atoms with Crippen LogP contribution in [0.5, 0.6) is 5.88 Å². The second-order valence-electron chi connectivity index (χ2n) is 8.68. The number of benzene rings is 2. The van der Waals surface area contributed by atoms with Crippen molar-refractivity contribution in [2.24, 2.45) is 0 Å². The van der Waals surface area contributed by atoms with Gasteiger partial charge in [-0.2, -0.15) is 0 Å². The molecule has 2 aromatic heterocycles. The number of carbonyl (C=O) groups is 2. The molecule has 36 heavy (non-hydrogen) atoms. The minimum atomic E-state index is -0.636. The molecule has 0 fully saturated rings. The summed E-state index contributed by atoms with van der Waals surface area (Å²) >= 11 is 0. The van der Waals surface area contributed by atoms with E-state index in [1.165, 1.54) is 0 Å². The standard InChI is InChI=1S/C29H28N4O3/c34-28(27-25(21-8-2-1-3-9-21)20-24-10-5-7-18-33(24)27)29(35)32-23-14-12-22(13-15-23)30-17-19-36-26-11-4-6-16-31-26/h1-4,6,8-9,11-16,20,30H,5,7,10,17-19H2,(H,32,35). The maximum atomic E-state index is 13.4. The van der Waals surface area contributed by atoms with Gasteiger partial charge in [-0.3, -0.25) is 9.59 Å². The number of hydrogen-bond acceptors (Lipinski definition) is 5. The number of fused-ring (bicyclic) bond motifs is 1. The van der Waals surface area contributed by atoms with Crippen molar-refractivity contribution in [1.82, 2.24) is 9.55 Å². The van der Waals surface area contributed by atoms with Crippen LogP contribution in [0.1, 0.15) is 29.0 Å². The van der Waals surface area contributed by atoms with E-state index in [-0.39, 0.29) is 0 Å². The van der Waals surface area contributed by atoms with Crippen LogP contribution in [0.2, 0.25) is 0 Å². The first kappa shape index (κ1) is 23.4. The lowest BCUT2D eigenvalue weighted by Crippen LogP contribution is -2.27. The first-order valence-corrected chi connectivity index (χ1v) is 12.2. The van der Waals surface area contributed by atoms with Crippen molar-refractivity contribution in [3.63, 3.8) is 0 Å². The van der Waals surface area contributed by atoms with Crippen molar-refractivity contribution in [2.45, 2.75) is 25.8 Å². The highest BCUT2D eigenvalue weighted by molar-refractivity contribution is 6.47. The molecule has 7 nitrogen and oxygen atoms in total. The molecule has 1 aliphatic rings. The number of aryl methyl sites for hydroxylation is 1. The number of pyridine rings is 1. The maximum Gasteiger partial charge on any atom is 0.298 e. The van der Waals surface area contributed by atoms with E-state index in [2.05, 4.69) is 21.7 Å². The Morgan fingerprint density at radius 3 is 2.47 bits per heavy atom. The fraction of sp³-hybridized carbons (Fsp3) is 0.207. The Balaban J connectivity index is 1.23. The summed E-state index contributed by atoms with van der Waals surface area (Å²) < 4.78 is 7.60. The second-order valence-corrected chi connectivity index (χ2v) is 8.68. The molecule has 7 heteroatoms. The third-order valence-electron chi connectivity index (χ3n) is 6.22. The van der Waals surface area contributed by atoms with Gasteiger partial charge < -0.3 is 19.9 Å². The van der Waals surface area contributed by atoms with Gasteiger partial charge in [0.15, 0.2) is 0 Å². The number of ketones is 1. The quantitative estimate of drug-likeness (QED) is 0.195. The number of ether oxygens (including phenoxy) is 1. The van der Waals surface area contributed by atoms with Crippen molar-refractivity contribution >= 4 is 23.1 Å². The number of aromatic nitrogens is 2. The molecular weight excluding hydrogens is 452 g/mol. The lowest BCUT2D eigenvalue weighted by molar-refractivity contribution is -0.112. The SMILES string of the molecule is O=C(Nc1ccc(NCCOc2ccccn2)cc1)C(=O)c1c(-c2ccccc2)cc2n1CCCC2. The number of hydrogen-bond donors (Lipinski definition) is 2. The maximum absolute atomic E-state index is 13.4. The summed E-state index contributed by atoms with van der Waals surface area (Å²) in [6.07, 6.45) is 4.69. The molecule has 3 heterocycles. The third kappa shape index (κ3) is 5.30. The number of anilines is 2. The van der Waals surface area contributed by atoms with Crippen molar-refractivity contribution in [1.29, 1.82) is 0 Å². The number of rotatable bonds is 9. The topological polar surface area (TPSA) is 85.2 Å². The van der Waals surface area contributed by atoms with Gasteiger partial charge in [-0.25, -0.2) is 4.98 Å². The highest BCUT2D eigenvalue weighted by Gasteiger charge is 2.28. The molecular formula is C29H28N4O3. The average molecular weight is 481 g/mol. The van der Waals surface area contributed by atoms with Crippen LogP contribution in [0.15, 0.2) is 85.1 Å². The first-order chi connectivity index (χ1) is 17.7. The van der Waals surface area contributed by atoms with Gasteiger partial charge in [0, 0.05) is 48.0 Å². The zero-order valence-electron chi connectivity index (χ0n) is 19.9. The number of amides is 1. The monoisotopic (exact) mass is 480 g/mol. The number of carbonyl (C=O) groups excluding carboxylic acids is 2. The molecule has 2 N–H and O–H groups in total. The van der Waals surface area contributed by atoms with E-state index in [1.54, 1.807) is 18.3 Å². The summed E-state index contributed by atoms with van der Waals surface area (Å²) in [7, 11) is 0. The van der Waals surface area contributed by atoms with Crippen LogP contribution in [0.4, 0.5) is 11.4 Å². The predicted molar refractivity (Wildman–Crippen MR) is 140 cm³/mol. The number of nitrogens with one attached hydrogen (secondary N) is 2. The Morgan fingerprint density at radius 2 is 1.69 bits per heavy atom. The summed E-state index contributed by atoms with van der Waals surface area (Å²) in [6, 6.07) is 24.6. The molecule has 0 unspecified atom stereocenters. The molecule has 5 rings (SSSR count). The summed E-state index contributed by atoms with van der Waals surface area (Å²) in [5, 5.41) is 6.03. The molecule has 2 aromatic carbocycles. The van der Waals surface area contributed by atoms with Gasteiger partial charge in [-0.15, -0.1) is 0 Å². The molecule has 0 bridgehead atoms. The van der Waals surface area contributed by atoms with Gasteiger partial charge in [0.05, 0.1) is 0 Å². The zero-order chi connectivity index (χ0) is 24.7. The molecule has 0 atom stereocenters. The zero-order valence-corrected chi connectivity index (χ0v) is 19.9. The summed E-state index contributed by atoms with van der Waals surface area (Å²) in [5.41, 5.74) is 4.79. The van der Waals surface area contributed by atoms with Crippen LogP contribution in [0.25, 0.3) is 11.1 Å². The molecule has 4 aromatic rings. The van der Waals surface area contributed by atoms with Gasteiger partial charge in [0.1, 0.15) is 12.3 Å². The van der Waals surface area contributed by atoms with E-state index >= 15 is 0 Å². The van der Waals surface area contributed by atoms with Gasteiger partial charge in [0.2, 0.25) is 5.88 Å². The Morgan fingerprint density at radius 1 is 0.917 bits per heavy atom. The lowest BCUT2D eigenvalue weighted by Gasteiger charge is -2.17. The number of nitrogens with zero attached hydrogens (tertiary/aromatic N) is 2. The third-order valence-corrected chi connectivity index (χ3v) is 6.22. The highest BCUT2D eigenvalue weighted by Crippen LogP contribution is 2.31. The number of Topliss-reactive ketones (excluding diaryl/α,β-unsaturated/α-hetero) is 1. The molecule has 182 valence electrons. The summed E-state index contributed by atoms with van der Waals surface area (Å²) in [4.78, 5) is 30.5. The van der Waals surface area contributed by atoms with E-state index in [0.717, 1.165) is 48.3 Å². The normalized spacial score (nSPS) is 12.4. The van der Waals surface area contributed by atoms with Crippen molar-refractivity contribution in [3.8, 4) is 17.0 Å². The second kappa shape index (κ2) is 10.9. The van der Waals surface area contributed by atoms with Gasteiger partial charge >= 0.3 is 0 Å². The van der Waals surface area contributed by atoms with Crippen molar-refractivity contribution in [2.75, 3.05) is 23.8 Å². The lowest BCUT2D eigenvalue weighted by atomic mass is 10.0. The van der Waals surface area contributed by atoms with Crippen LogP contribution in [0.3, 0.4) is 0 Å². The van der Waals surface area contributed by atoms with Crippen molar-refractivity contribution in [3.05, 3.63) is 96.4 Å². The van der Waals surface area contributed by atoms with E-state index < -0.39 is 11.7 Å². The summed E-state index contributed by atoms with van der Waals surface area (Å²) in [6.45, 7) is 1.82. The molecule has 1 amide bonds. The first-order valence-electron chi connectivity index (χ1n) is 12.2. The predicted octanol–water partition coefficient (Wildman–Crippen LogP) is 5.20. The fourth-order valence-corrected chi connectivity index (χ4v) is 4.47. The molecule has 0 aliphatic carbocycles. The Labute approximate surface area is 210 Å². The highest BCUT2D eigenvalue weighted by atomic mass is 16.5. The summed E-state index contributed by atoms with van der Waals surface area (Å²) in [5.74, 6) is -0.569. The van der Waals surface area contributed by atoms with Gasteiger partial charge in [-0.05, 0) is 61.2 Å². The fourth-order valence-electron chi connectivity index (χ4n) is 4.47. The molecule has 0 radical (unpaired) electrons. The largest absolute Gasteiger partial charge is 0.476 e. The van der Waals surface area contributed by atoms with Crippen LogP contribution in [0, 0.1) is 0 Å². The molecule has 1 aliphatic heterocycles. The van der Waals surface area contributed by atoms with E-state index in [1.807, 2.05) is 65.2 Å². The van der Waals surface area contributed by atoms with E-state index in [4.69, 9.17) is 4.74 Å². The van der Waals surface area contributed by atoms with E-state index in [9.17, 15) is 9.59 Å². The Kier molecular flexibility index (Phi) is 7.07. The smallest absolute Gasteiger partial charge is 0.298 e. The Hall–Kier alpha value is -4.39. The van der Waals surface area contributed by atoms with Gasteiger partial charge in [-0.1, -0.05) is 36.4 Å². The molecule has 0 spiro atoms. The van der Waals surface area contributed by atoms with Crippen molar-refractivity contribution < 1.29 is 14.3 Å². The van der Waals surface area contributed by atoms with Crippen LogP contribution < -0.4 is 15.4 Å². The van der Waals surface area contributed by atoms with Crippen LogP contribution in [-0.2, 0) is 17.8 Å².